The van der Waals surface area contributed by atoms with Gasteiger partial charge in [0.2, 0.25) is 11.8 Å². The third-order valence-corrected chi connectivity index (χ3v) is 5.47. The lowest BCUT2D eigenvalue weighted by Crippen LogP contribution is -2.17. The average molecular weight is 460 g/mol. The molecule has 27 heavy (non-hydrogen) atoms. The Morgan fingerprint density at radius 3 is 2.70 bits per heavy atom. The smallest absolute Gasteiger partial charge is 0.234 e. The Morgan fingerprint density at radius 1 is 1.33 bits per heavy atom. The Labute approximate surface area is 166 Å². The van der Waals surface area contributed by atoms with Gasteiger partial charge in [0.05, 0.1) is 11.4 Å². The largest absolute Gasteiger partial charge is 0.370 e. The Balaban J connectivity index is 1.66. The minimum Gasteiger partial charge on any atom is -0.370 e. The van der Waals surface area contributed by atoms with Crippen molar-refractivity contribution in [2.45, 2.75) is 36.9 Å². The molecule has 0 bridgehead atoms. The number of rotatable bonds is 8. The van der Waals surface area contributed by atoms with E-state index in [1.165, 1.54) is 0 Å². The zero-order valence-corrected chi connectivity index (χ0v) is 16.4. The second kappa shape index (κ2) is 8.34. The lowest BCUT2D eigenvalue weighted by atomic mass is 10.3. The van der Waals surface area contributed by atoms with Gasteiger partial charge in [-0.1, -0.05) is 11.8 Å². The summed E-state index contributed by atoms with van der Waals surface area (Å²) in [7, 11) is 0. The molecule has 2 aromatic rings. The average Bonchev–Trinajstić information content (AvgIpc) is 3.35. The molecular formula is C16H16BrF2N5O2S. The second-order valence-corrected chi connectivity index (χ2v) is 7.86. The van der Waals surface area contributed by atoms with Gasteiger partial charge in [0, 0.05) is 29.4 Å². The number of nitrogens with two attached hydrogens (primary N) is 1. The van der Waals surface area contributed by atoms with Gasteiger partial charge < -0.3 is 15.6 Å². The van der Waals surface area contributed by atoms with Crippen molar-refractivity contribution in [2.75, 3.05) is 11.1 Å². The second-order valence-electron chi connectivity index (χ2n) is 6.06. The molecule has 1 aromatic carbocycles. The van der Waals surface area contributed by atoms with Crippen LogP contribution in [0.5, 0.6) is 0 Å². The Bertz CT molecular complexity index is 865. The first-order valence-electron chi connectivity index (χ1n) is 8.13. The van der Waals surface area contributed by atoms with Gasteiger partial charge in [0.1, 0.15) is 11.6 Å². The molecule has 1 aromatic heterocycles. The van der Waals surface area contributed by atoms with E-state index in [2.05, 4.69) is 31.4 Å². The van der Waals surface area contributed by atoms with Crippen molar-refractivity contribution in [1.29, 1.82) is 0 Å². The molecule has 0 unspecified atom stereocenters. The highest BCUT2D eigenvalue weighted by Gasteiger charge is 2.30. The molecule has 1 saturated carbocycles. The van der Waals surface area contributed by atoms with Crippen LogP contribution in [0, 0.1) is 11.6 Å². The number of carbonyl (C=O) groups is 2. The van der Waals surface area contributed by atoms with E-state index in [1.54, 1.807) is 4.57 Å². The number of nitrogens with one attached hydrogen (secondary N) is 1. The van der Waals surface area contributed by atoms with Crippen LogP contribution in [0.15, 0.2) is 21.8 Å². The van der Waals surface area contributed by atoms with Gasteiger partial charge in [0.25, 0.3) is 0 Å². The number of amides is 2. The van der Waals surface area contributed by atoms with Crippen molar-refractivity contribution in [1.82, 2.24) is 14.8 Å². The zero-order valence-electron chi connectivity index (χ0n) is 14.0. The highest BCUT2D eigenvalue weighted by Crippen LogP contribution is 2.40. The van der Waals surface area contributed by atoms with Crippen LogP contribution in [0.2, 0.25) is 0 Å². The van der Waals surface area contributed by atoms with Gasteiger partial charge in [-0.25, -0.2) is 8.78 Å². The van der Waals surface area contributed by atoms with Crippen LogP contribution in [0.4, 0.5) is 14.5 Å². The molecule has 0 saturated heterocycles. The molecule has 7 nitrogen and oxygen atoms in total. The summed E-state index contributed by atoms with van der Waals surface area (Å²) < 4.78 is 28.8. The van der Waals surface area contributed by atoms with Gasteiger partial charge in [-0.2, -0.15) is 0 Å². The minimum atomic E-state index is -0.874. The van der Waals surface area contributed by atoms with E-state index in [9.17, 15) is 18.4 Å². The molecule has 0 spiro atoms. The van der Waals surface area contributed by atoms with E-state index >= 15 is 0 Å². The Hall–Kier alpha value is -2.01. The summed E-state index contributed by atoms with van der Waals surface area (Å²) in [6.45, 7) is 0.344. The first-order chi connectivity index (χ1) is 12.8. The topological polar surface area (TPSA) is 103 Å². The Kier molecular flexibility index (Phi) is 6.10. The van der Waals surface area contributed by atoms with Crippen molar-refractivity contribution in [2.24, 2.45) is 5.73 Å². The van der Waals surface area contributed by atoms with Crippen LogP contribution in [-0.4, -0.2) is 32.3 Å². The number of carbonyl (C=O) groups excluding carboxylic acids is 2. The number of thioether (sulfide) groups is 1. The molecule has 1 heterocycles. The lowest BCUT2D eigenvalue weighted by molar-refractivity contribution is -0.118. The summed E-state index contributed by atoms with van der Waals surface area (Å²) in [6.07, 6.45) is 2.17. The van der Waals surface area contributed by atoms with Crippen molar-refractivity contribution in [3.63, 3.8) is 0 Å². The maximum Gasteiger partial charge on any atom is 0.234 e. The number of primary amides is 1. The molecule has 3 rings (SSSR count). The number of nitrogens with zero attached hydrogens (tertiary/aromatic N) is 3. The van der Waals surface area contributed by atoms with Crippen LogP contribution >= 0.6 is 27.7 Å². The SMILES string of the molecule is NC(=O)CCn1c(SCC(=O)Nc2c(F)cc(F)cc2Br)nnc1C1CC1. The summed E-state index contributed by atoms with van der Waals surface area (Å²) in [6, 6.07) is 1.75. The molecule has 0 radical (unpaired) electrons. The third kappa shape index (κ3) is 5.04. The molecule has 0 atom stereocenters. The fraction of sp³-hybridized carbons (Fsp3) is 0.375. The molecule has 1 aliphatic carbocycles. The molecular weight excluding hydrogens is 444 g/mol. The normalized spacial score (nSPS) is 13.6. The van der Waals surface area contributed by atoms with Crippen LogP contribution in [0.1, 0.15) is 31.0 Å². The predicted octanol–water partition coefficient (Wildman–Crippen LogP) is 2.80. The zero-order chi connectivity index (χ0) is 19.6. The minimum absolute atomic E-state index is 0.0529. The number of aromatic nitrogens is 3. The van der Waals surface area contributed by atoms with E-state index < -0.39 is 23.4 Å². The molecule has 11 heteroatoms. The fourth-order valence-corrected chi connectivity index (χ4v) is 3.73. The maximum atomic E-state index is 13.8. The van der Waals surface area contributed by atoms with E-state index in [0.29, 0.717) is 23.7 Å². The van der Waals surface area contributed by atoms with Crippen LogP contribution in [0.25, 0.3) is 0 Å². The number of anilines is 1. The summed E-state index contributed by atoms with van der Waals surface area (Å²) in [5.41, 5.74) is 5.09. The van der Waals surface area contributed by atoms with Crippen LogP contribution in [0.3, 0.4) is 0 Å². The first kappa shape index (κ1) is 19.7. The fourth-order valence-electron chi connectivity index (χ4n) is 2.45. The van der Waals surface area contributed by atoms with Crippen LogP contribution < -0.4 is 11.1 Å². The predicted molar refractivity (Wildman–Crippen MR) is 99.2 cm³/mol. The molecule has 1 fully saturated rings. The summed E-state index contributed by atoms with van der Waals surface area (Å²) in [4.78, 5) is 23.3. The number of benzene rings is 1. The van der Waals surface area contributed by atoms with E-state index in [4.69, 9.17) is 5.73 Å². The van der Waals surface area contributed by atoms with E-state index in [-0.39, 0.29) is 22.3 Å². The highest BCUT2D eigenvalue weighted by molar-refractivity contribution is 9.10. The lowest BCUT2D eigenvalue weighted by Gasteiger charge is -2.10. The number of hydrogen-bond acceptors (Lipinski definition) is 5. The summed E-state index contributed by atoms with van der Waals surface area (Å²) in [5, 5.41) is 11.1. The van der Waals surface area contributed by atoms with Gasteiger partial charge >= 0.3 is 0 Å². The molecule has 3 N–H and O–H groups in total. The first-order valence-corrected chi connectivity index (χ1v) is 9.91. The standard InChI is InChI=1S/C16H16BrF2N5O2S/c17-10-5-9(18)6-11(19)14(10)21-13(26)7-27-16-23-22-15(8-1-2-8)24(16)4-3-12(20)25/h5-6,8H,1-4,7H2,(H2,20,25)(H,21,26). The van der Waals surface area contributed by atoms with Crippen molar-refractivity contribution in [3.8, 4) is 0 Å². The number of halogens is 3. The van der Waals surface area contributed by atoms with Crippen molar-refractivity contribution in [3.05, 3.63) is 34.1 Å². The van der Waals surface area contributed by atoms with E-state index in [1.807, 2.05) is 0 Å². The van der Waals surface area contributed by atoms with Gasteiger partial charge in [-0.15, -0.1) is 10.2 Å². The number of hydrogen-bond donors (Lipinski definition) is 2. The molecule has 144 valence electrons. The van der Waals surface area contributed by atoms with E-state index in [0.717, 1.165) is 36.5 Å². The van der Waals surface area contributed by atoms with Crippen LogP contribution in [-0.2, 0) is 16.1 Å². The molecule has 0 aliphatic heterocycles. The quantitative estimate of drug-likeness (QED) is 0.590. The molecule has 2 amide bonds. The van der Waals surface area contributed by atoms with Gasteiger partial charge in [-0.05, 0) is 34.8 Å². The van der Waals surface area contributed by atoms with Gasteiger partial charge in [-0.3, -0.25) is 9.59 Å². The summed E-state index contributed by atoms with van der Waals surface area (Å²) in [5.74, 6) is -1.49. The van der Waals surface area contributed by atoms with Gasteiger partial charge in [0.15, 0.2) is 11.0 Å². The van der Waals surface area contributed by atoms with Crippen molar-refractivity contribution < 1.29 is 18.4 Å². The monoisotopic (exact) mass is 459 g/mol. The Morgan fingerprint density at radius 2 is 2.07 bits per heavy atom. The summed E-state index contributed by atoms with van der Waals surface area (Å²) >= 11 is 4.14. The third-order valence-electron chi connectivity index (χ3n) is 3.87. The van der Waals surface area contributed by atoms with Crippen molar-refractivity contribution >= 4 is 45.2 Å². The molecule has 1 aliphatic rings. The maximum absolute atomic E-state index is 13.8. The highest BCUT2D eigenvalue weighted by atomic mass is 79.9.